The number of benzene rings is 2. The number of likely N-dealkylation sites (tertiary alicyclic amines) is 1. The van der Waals surface area contributed by atoms with E-state index in [0.29, 0.717) is 17.4 Å². The lowest BCUT2D eigenvalue weighted by Gasteiger charge is -2.40. The third kappa shape index (κ3) is 3.88. The topological polar surface area (TPSA) is 65.3 Å². The van der Waals surface area contributed by atoms with Crippen LogP contribution in [0.25, 0.3) is 0 Å². The number of fused-ring (bicyclic) bond motifs is 2. The minimum atomic E-state index is -0.347. The van der Waals surface area contributed by atoms with Gasteiger partial charge in [0.2, 0.25) is 5.91 Å². The van der Waals surface area contributed by atoms with Crippen molar-refractivity contribution < 1.29 is 9.59 Å². The second-order valence-corrected chi connectivity index (χ2v) is 10.7. The van der Waals surface area contributed by atoms with E-state index in [2.05, 4.69) is 35.9 Å². The summed E-state index contributed by atoms with van der Waals surface area (Å²) < 4.78 is 0. The second-order valence-electron chi connectivity index (χ2n) is 10.7. The summed E-state index contributed by atoms with van der Waals surface area (Å²) in [6, 6.07) is 16.7. The lowest BCUT2D eigenvalue weighted by atomic mass is 9.65. The summed E-state index contributed by atoms with van der Waals surface area (Å²) in [6.07, 6.45) is 3.64. The van der Waals surface area contributed by atoms with Crippen molar-refractivity contribution in [1.29, 1.82) is 0 Å². The number of hydrogen-bond donors (Lipinski definition) is 0. The molecule has 6 nitrogen and oxygen atoms in total. The van der Waals surface area contributed by atoms with Crippen molar-refractivity contribution in [2.75, 3.05) is 11.4 Å². The van der Waals surface area contributed by atoms with Crippen LogP contribution in [0.4, 0.5) is 17.1 Å². The van der Waals surface area contributed by atoms with Gasteiger partial charge in [-0.2, -0.15) is 10.2 Å². The van der Waals surface area contributed by atoms with Crippen LogP contribution in [0.1, 0.15) is 46.5 Å². The lowest BCUT2D eigenvalue weighted by Crippen LogP contribution is -2.45. The number of carbonyl (C=O) groups is 2. The summed E-state index contributed by atoms with van der Waals surface area (Å²) in [5, 5.41) is 8.46. The van der Waals surface area contributed by atoms with E-state index >= 15 is 0 Å². The molecule has 2 saturated heterocycles. The van der Waals surface area contributed by atoms with Crippen molar-refractivity contribution in [2.45, 2.75) is 58.5 Å². The molecule has 3 aliphatic rings. The van der Waals surface area contributed by atoms with Crippen LogP contribution in [-0.4, -0.2) is 35.3 Å². The van der Waals surface area contributed by atoms with Crippen LogP contribution >= 0.6 is 0 Å². The quantitative estimate of drug-likeness (QED) is 0.466. The molecule has 2 heterocycles. The normalized spacial score (nSPS) is 29.9. The molecule has 0 aromatic heterocycles. The van der Waals surface area contributed by atoms with Crippen LogP contribution in [0, 0.1) is 10.8 Å². The van der Waals surface area contributed by atoms with E-state index in [0.717, 1.165) is 25.1 Å². The molecule has 1 aliphatic carbocycles. The highest BCUT2D eigenvalue weighted by atomic mass is 16.2. The zero-order valence-corrected chi connectivity index (χ0v) is 19.0. The number of hydrogen-bond acceptors (Lipinski definition) is 5. The first-order valence-electron chi connectivity index (χ1n) is 11.4. The molecule has 1 saturated carbocycles. The monoisotopic (exact) mass is 430 g/mol. The molecule has 2 aliphatic heterocycles. The SMILES string of the molecule is CC1(C)C[C@H]2C[C@@](C)(CN2[C@@H]2CC(=O)N(c3ccc(N=Nc4ccccc4)cc3)C2=O)C1. The summed E-state index contributed by atoms with van der Waals surface area (Å²) in [5.41, 5.74) is 2.57. The molecule has 2 bridgehead atoms. The fraction of sp³-hybridized carbons (Fsp3) is 0.462. The summed E-state index contributed by atoms with van der Waals surface area (Å²) in [4.78, 5) is 29.9. The molecule has 0 N–H and O–H groups in total. The van der Waals surface area contributed by atoms with Gasteiger partial charge in [-0.1, -0.05) is 39.0 Å². The summed E-state index contributed by atoms with van der Waals surface area (Å²) in [5.74, 6) is -0.216. The molecule has 3 atom stereocenters. The maximum atomic E-state index is 13.4. The number of nitrogens with zero attached hydrogens (tertiary/aromatic N) is 4. The van der Waals surface area contributed by atoms with Crippen molar-refractivity contribution in [2.24, 2.45) is 21.1 Å². The van der Waals surface area contributed by atoms with Gasteiger partial charge in [0.1, 0.15) is 0 Å². The standard InChI is InChI=1S/C26H30N4O2/c1-25(2)14-21-15-26(3,16-25)17-29(21)22-13-23(31)30(24(22)32)20-11-9-19(10-12-20)28-27-18-7-5-4-6-8-18/h4-12,21-22H,13-17H2,1-3H3/t21-,22+,26+/m0/s1. The predicted octanol–water partition coefficient (Wildman–Crippen LogP) is 5.63. The van der Waals surface area contributed by atoms with Crippen molar-refractivity contribution in [3.8, 4) is 0 Å². The minimum Gasteiger partial charge on any atom is -0.288 e. The van der Waals surface area contributed by atoms with Crippen LogP contribution < -0.4 is 4.90 Å². The Kier molecular flexibility index (Phi) is 5.01. The Morgan fingerprint density at radius 2 is 1.53 bits per heavy atom. The van der Waals surface area contributed by atoms with Gasteiger partial charge in [0.25, 0.3) is 5.91 Å². The van der Waals surface area contributed by atoms with Gasteiger partial charge in [-0.15, -0.1) is 0 Å². The van der Waals surface area contributed by atoms with Crippen LogP contribution in [0.3, 0.4) is 0 Å². The number of imide groups is 1. The van der Waals surface area contributed by atoms with Gasteiger partial charge >= 0.3 is 0 Å². The molecule has 3 fully saturated rings. The van der Waals surface area contributed by atoms with E-state index in [9.17, 15) is 9.59 Å². The fourth-order valence-electron chi connectivity index (χ4n) is 6.29. The van der Waals surface area contributed by atoms with E-state index in [1.54, 1.807) is 24.3 Å². The van der Waals surface area contributed by atoms with Gasteiger partial charge in [0.15, 0.2) is 0 Å². The van der Waals surface area contributed by atoms with Gasteiger partial charge in [-0.05, 0) is 66.5 Å². The molecule has 2 aromatic rings. The van der Waals surface area contributed by atoms with Crippen LogP contribution in [0.15, 0.2) is 64.8 Å². The van der Waals surface area contributed by atoms with Crippen LogP contribution in [0.5, 0.6) is 0 Å². The zero-order chi connectivity index (χ0) is 22.5. The van der Waals surface area contributed by atoms with E-state index in [-0.39, 0.29) is 35.1 Å². The van der Waals surface area contributed by atoms with Crippen molar-refractivity contribution in [1.82, 2.24) is 4.90 Å². The van der Waals surface area contributed by atoms with Crippen molar-refractivity contribution in [3.63, 3.8) is 0 Å². The highest BCUT2D eigenvalue weighted by Gasteiger charge is 2.54. The molecule has 32 heavy (non-hydrogen) atoms. The molecule has 0 radical (unpaired) electrons. The second kappa shape index (κ2) is 7.62. The van der Waals surface area contributed by atoms with Crippen molar-refractivity contribution in [3.05, 3.63) is 54.6 Å². The Hall–Kier alpha value is -2.86. The first-order valence-corrected chi connectivity index (χ1v) is 11.4. The predicted molar refractivity (Wildman–Crippen MR) is 124 cm³/mol. The Morgan fingerprint density at radius 3 is 2.22 bits per heavy atom. The van der Waals surface area contributed by atoms with Gasteiger partial charge in [0, 0.05) is 12.6 Å². The first kappa shape index (κ1) is 21.0. The molecule has 0 unspecified atom stereocenters. The molecular weight excluding hydrogens is 400 g/mol. The third-order valence-corrected chi connectivity index (χ3v) is 7.12. The summed E-state index contributed by atoms with van der Waals surface area (Å²) in [7, 11) is 0. The number of carbonyl (C=O) groups excluding carboxylic acids is 2. The van der Waals surface area contributed by atoms with Crippen LogP contribution in [0.2, 0.25) is 0 Å². The van der Waals surface area contributed by atoms with Gasteiger partial charge < -0.3 is 0 Å². The van der Waals surface area contributed by atoms with Gasteiger partial charge in [-0.25, -0.2) is 4.90 Å². The average molecular weight is 431 g/mol. The Balaban J connectivity index is 1.32. The largest absolute Gasteiger partial charge is 0.288 e. The molecule has 5 rings (SSSR count). The molecule has 6 heteroatoms. The van der Waals surface area contributed by atoms with Crippen LogP contribution in [-0.2, 0) is 9.59 Å². The zero-order valence-electron chi connectivity index (χ0n) is 19.0. The maximum absolute atomic E-state index is 13.4. The molecule has 0 spiro atoms. The smallest absolute Gasteiger partial charge is 0.251 e. The lowest BCUT2D eigenvalue weighted by molar-refractivity contribution is -0.123. The highest BCUT2D eigenvalue weighted by molar-refractivity contribution is 6.22. The van der Waals surface area contributed by atoms with Gasteiger partial charge in [0.05, 0.1) is 29.5 Å². The molecule has 166 valence electrons. The maximum Gasteiger partial charge on any atom is 0.251 e. The molecular formula is C26H30N4O2. The molecule has 2 amide bonds. The van der Waals surface area contributed by atoms with E-state index in [1.807, 2.05) is 30.3 Å². The summed E-state index contributed by atoms with van der Waals surface area (Å²) >= 11 is 0. The number of anilines is 1. The van der Waals surface area contributed by atoms with E-state index in [4.69, 9.17) is 0 Å². The third-order valence-electron chi connectivity index (χ3n) is 7.12. The summed E-state index contributed by atoms with van der Waals surface area (Å²) in [6.45, 7) is 7.89. The first-order chi connectivity index (χ1) is 15.2. The Bertz CT molecular complexity index is 1060. The number of rotatable bonds is 4. The number of azo groups is 1. The fourth-order valence-corrected chi connectivity index (χ4v) is 6.29. The van der Waals surface area contributed by atoms with E-state index < -0.39 is 0 Å². The van der Waals surface area contributed by atoms with Gasteiger partial charge in [-0.3, -0.25) is 14.5 Å². The average Bonchev–Trinajstić information content (AvgIpc) is 3.18. The van der Waals surface area contributed by atoms with E-state index in [1.165, 1.54) is 11.3 Å². The minimum absolute atomic E-state index is 0.0948. The highest BCUT2D eigenvalue weighted by Crippen LogP contribution is 2.53. The number of amides is 2. The Morgan fingerprint density at radius 1 is 0.875 bits per heavy atom. The molecule has 2 aromatic carbocycles. The Labute approximate surface area is 189 Å². The van der Waals surface area contributed by atoms with Crippen molar-refractivity contribution >= 4 is 28.9 Å².